The highest BCUT2D eigenvalue weighted by molar-refractivity contribution is 4.87. The fourth-order valence-electron chi connectivity index (χ4n) is 1.63. The summed E-state index contributed by atoms with van der Waals surface area (Å²) in [4.78, 5) is 0. The molecular formula is C11H23N5. The number of nitrogens with zero attached hydrogens (tertiary/aromatic N) is 3. The molecule has 1 aromatic heterocycles. The molecule has 0 atom stereocenters. The summed E-state index contributed by atoms with van der Waals surface area (Å²) in [6.07, 6.45) is 4.55. The lowest BCUT2D eigenvalue weighted by Crippen LogP contribution is -2.27. The Morgan fingerprint density at radius 1 is 1.12 bits per heavy atom. The molecule has 0 amide bonds. The molecular weight excluding hydrogens is 202 g/mol. The van der Waals surface area contributed by atoms with Crippen molar-refractivity contribution in [3.63, 3.8) is 0 Å². The molecule has 0 aliphatic carbocycles. The smallest absolute Gasteiger partial charge is 0.146 e. The SMILES string of the molecule is C1CCNC1.CC.c1nnc2n1CCNC2. The Hall–Kier alpha value is -0.940. The molecule has 0 unspecified atom stereocenters. The normalized spacial score (nSPS) is 17.6. The van der Waals surface area contributed by atoms with Gasteiger partial charge in [-0.2, -0.15) is 0 Å². The second-order valence-electron chi connectivity index (χ2n) is 3.57. The molecule has 5 heteroatoms. The van der Waals surface area contributed by atoms with Gasteiger partial charge in [0.1, 0.15) is 12.2 Å². The first-order valence-electron chi connectivity index (χ1n) is 6.25. The maximum Gasteiger partial charge on any atom is 0.146 e. The van der Waals surface area contributed by atoms with Crippen LogP contribution in [0.3, 0.4) is 0 Å². The fraction of sp³-hybridized carbons (Fsp3) is 0.818. The van der Waals surface area contributed by atoms with E-state index in [1.165, 1.54) is 25.9 Å². The van der Waals surface area contributed by atoms with Crippen molar-refractivity contribution < 1.29 is 0 Å². The van der Waals surface area contributed by atoms with Crippen LogP contribution >= 0.6 is 0 Å². The first kappa shape index (κ1) is 13.1. The van der Waals surface area contributed by atoms with Crippen LogP contribution in [-0.4, -0.2) is 34.4 Å². The van der Waals surface area contributed by atoms with Gasteiger partial charge in [0.15, 0.2) is 0 Å². The fourth-order valence-corrected chi connectivity index (χ4v) is 1.63. The van der Waals surface area contributed by atoms with Gasteiger partial charge < -0.3 is 15.2 Å². The molecule has 3 heterocycles. The van der Waals surface area contributed by atoms with E-state index in [0.717, 1.165) is 25.5 Å². The Labute approximate surface area is 97.6 Å². The molecule has 3 rings (SSSR count). The zero-order valence-corrected chi connectivity index (χ0v) is 10.4. The lowest BCUT2D eigenvalue weighted by Gasteiger charge is -2.12. The molecule has 2 aliphatic rings. The maximum atomic E-state index is 3.91. The topological polar surface area (TPSA) is 54.8 Å². The van der Waals surface area contributed by atoms with Gasteiger partial charge >= 0.3 is 0 Å². The number of fused-ring (bicyclic) bond motifs is 1. The molecule has 0 aromatic carbocycles. The third-order valence-corrected chi connectivity index (χ3v) is 2.47. The minimum atomic E-state index is 0.861. The predicted octanol–water partition coefficient (Wildman–Crippen LogP) is 0.777. The molecule has 92 valence electrons. The van der Waals surface area contributed by atoms with Crippen LogP contribution in [0.2, 0.25) is 0 Å². The lowest BCUT2D eigenvalue weighted by molar-refractivity contribution is 0.505. The summed E-state index contributed by atoms with van der Waals surface area (Å²) in [5.74, 6) is 1.04. The molecule has 1 saturated heterocycles. The van der Waals surface area contributed by atoms with Gasteiger partial charge in [0, 0.05) is 13.1 Å². The molecule has 2 N–H and O–H groups in total. The maximum absolute atomic E-state index is 3.91. The summed E-state index contributed by atoms with van der Waals surface area (Å²) < 4.78 is 2.07. The first-order chi connectivity index (χ1) is 7.97. The Balaban J connectivity index is 0.000000156. The number of hydrogen-bond acceptors (Lipinski definition) is 4. The summed E-state index contributed by atoms with van der Waals surface area (Å²) in [7, 11) is 0. The highest BCUT2D eigenvalue weighted by Crippen LogP contribution is 1.97. The summed E-state index contributed by atoms with van der Waals surface area (Å²) in [5.41, 5.74) is 0. The molecule has 1 fully saturated rings. The average molecular weight is 225 g/mol. The van der Waals surface area contributed by atoms with Crippen LogP contribution in [0.15, 0.2) is 6.33 Å². The van der Waals surface area contributed by atoms with Crippen molar-refractivity contribution in [2.24, 2.45) is 0 Å². The van der Waals surface area contributed by atoms with E-state index in [1.54, 1.807) is 6.33 Å². The largest absolute Gasteiger partial charge is 0.317 e. The molecule has 5 nitrogen and oxygen atoms in total. The molecule has 16 heavy (non-hydrogen) atoms. The summed E-state index contributed by atoms with van der Waals surface area (Å²) in [6.45, 7) is 9.40. The van der Waals surface area contributed by atoms with Crippen LogP contribution in [0.1, 0.15) is 32.5 Å². The monoisotopic (exact) mass is 225 g/mol. The van der Waals surface area contributed by atoms with Gasteiger partial charge in [-0.15, -0.1) is 10.2 Å². The van der Waals surface area contributed by atoms with Crippen LogP contribution in [0.5, 0.6) is 0 Å². The van der Waals surface area contributed by atoms with E-state index in [-0.39, 0.29) is 0 Å². The molecule has 0 saturated carbocycles. The van der Waals surface area contributed by atoms with Crippen molar-refractivity contribution in [3.8, 4) is 0 Å². The molecule has 2 aliphatic heterocycles. The standard InChI is InChI=1S/C5H8N4.C4H9N.C2H6/c1-2-9-4-7-8-5(9)3-6-1;1-2-4-5-3-1;1-2/h4,6H,1-3H2;5H,1-4H2;1-2H3. The second kappa shape index (κ2) is 8.24. The highest BCUT2D eigenvalue weighted by atomic mass is 15.3. The van der Waals surface area contributed by atoms with E-state index in [0.29, 0.717) is 0 Å². The second-order valence-corrected chi connectivity index (χ2v) is 3.57. The minimum Gasteiger partial charge on any atom is -0.317 e. The molecule has 1 aromatic rings. The quantitative estimate of drug-likeness (QED) is 0.685. The Morgan fingerprint density at radius 2 is 1.88 bits per heavy atom. The number of rotatable bonds is 0. The van der Waals surface area contributed by atoms with E-state index < -0.39 is 0 Å². The lowest BCUT2D eigenvalue weighted by atomic mass is 10.4. The van der Waals surface area contributed by atoms with E-state index in [2.05, 4.69) is 25.4 Å². The van der Waals surface area contributed by atoms with Crippen LogP contribution in [-0.2, 0) is 13.1 Å². The Kier molecular flexibility index (Phi) is 6.76. The van der Waals surface area contributed by atoms with Crippen molar-refractivity contribution in [1.29, 1.82) is 0 Å². The zero-order valence-electron chi connectivity index (χ0n) is 10.4. The van der Waals surface area contributed by atoms with E-state index in [4.69, 9.17) is 0 Å². The molecule has 0 bridgehead atoms. The average Bonchev–Trinajstić information content (AvgIpc) is 3.06. The summed E-state index contributed by atoms with van der Waals surface area (Å²) in [5, 5.41) is 14.1. The summed E-state index contributed by atoms with van der Waals surface area (Å²) >= 11 is 0. The van der Waals surface area contributed by atoms with Gasteiger partial charge in [0.2, 0.25) is 0 Å². The third-order valence-electron chi connectivity index (χ3n) is 2.47. The van der Waals surface area contributed by atoms with Crippen molar-refractivity contribution in [2.75, 3.05) is 19.6 Å². The van der Waals surface area contributed by atoms with Crippen LogP contribution in [0, 0.1) is 0 Å². The Morgan fingerprint density at radius 3 is 2.44 bits per heavy atom. The number of nitrogens with one attached hydrogen (secondary N) is 2. The van der Waals surface area contributed by atoms with Gasteiger partial charge in [-0.1, -0.05) is 13.8 Å². The molecule has 0 radical (unpaired) electrons. The van der Waals surface area contributed by atoms with Crippen molar-refractivity contribution in [1.82, 2.24) is 25.4 Å². The van der Waals surface area contributed by atoms with Gasteiger partial charge in [-0.3, -0.25) is 0 Å². The van der Waals surface area contributed by atoms with E-state index in [1.807, 2.05) is 13.8 Å². The Bertz CT molecular complexity index is 239. The van der Waals surface area contributed by atoms with Gasteiger partial charge in [-0.25, -0.2) is 0 Å². The zero-order chi connectivity index (χ0) is 11.6. The van der Waals surface area contributed by atoms with Gasteiger partial charge in [0.05, 0.1) is 6.54 Å². The van der Waals surface area contributed by atoms with Crippen molar-refractivity contribution >= 4 is 0 Å². The summed E-state index contributed by atoms with van der Waals surface area (Å²) in [6, 6.07) is 0. The minimum absolute atomic E-state index is 0.861. The van der Waals surface area contributed by atoms with Gasteiger partial charge in [0.25, 0.3) is 0 Å². The van der Waals surface area contributed by atoms with Crippen LogP contribution < -0.4 is 10.6 Å². The number of aromatic nitrogens is 3. The van der Waals surface area contributed by atoms with Crippen molar-refractivity contribution in [2.45, 2.75) is 39.8 Å². The predicted molar refractivity (Wildman–Crippen MR) is 65.2 cm³/mol. The van der Waals surface area contributed by atoms with Crippen LogP contribution in [0.4, 0.5) is 0 Å². The highest BCUT2D eigenvalue weighted by Gasteiger charge is 2.06. The van der Waals surface area contributed by atoms with E-state index in [9.17, 15) is 0 Å². The van der Waals surface area contributed by atoms with E-state index >= 15 is 0 Å². The third kappa shape index (κ3) is 4.28. The molecule has 0 spiro atoms. The van der Waals surface area contributed by atoms with Gasteiger partial charge in [-0.05, 0) is 25.9 Å². The van der Waals surface area contributed by atoms with Crippen LogP contribution in [0.25, 0.3) is 0 Å². The van der Waals surface area contributed by atoms with Crippen molar-refractivity contribution in [3.05, 3.63) is 12.2 Å². The number of hydrogen-bond donors (Lipinski definition) is 2. The first-order valence-corrected chi connectivity index (χ1v) is 6.25.